The van der Waals surface area contributed by atoms with Crippen LogP contribution in [0.2, 0.25) is 0 Å². The summed E-state index contributed by atoms with van der Waals surface area (Å²) in [5, 5.41) is 0. The molecule has 3 aromatic rings. The topological polar surface area (TPSA) is 17.1 Å². The summed E-state index contributed by atoms with van der Waals surface area (Å²) in [7, 11) is 0. The largest absolute Gasteiger partial charge is 0.293 e. The second-order valence-electron chi connectivity index (χ2n) is 6.61. The molecule has 0 bridgehead atoms. The average Bonchev–Trinajstić information content (AvgIpc) is 2.67. The quantitative estimate of drug-likeness (QED) is 0.552. The summed E-state index contributed by atoms with van der Waals surface area (Å²) in [5.74, 6) is 0.0733. The first-order chi connectivity index (χ1) is 12.3. The maximum atomic E-state index is 13.5. The summed E-state index contributed by atoms with van der Waals surface area (Å²) >= 11 is 0. The van der Waals surface area contributed by atoms with Gasteiger partial charge in [-0.2, -0.15) is 0 Å². The number of ketones is 1. The third-order valence-electron chi connectivity index (χ3n) is 5.04. The number of hydrogen-bond donors (Lipinski definition) is 0. The Labute approximate surface area is 148 Å². The van der Waals surface area contributed by atoms with Gasteiger partial charge in [-0.15, -0.1) is 0 Å². The first-order valence-corrected chi connectivity index (χ1v) is 8.67. The average molecular weight is 324 g/mol. The Balaban J connectivity index is 1.89. The maximum absolute atomic E-state index is 13.5. The zero-order valence-corrected chi connectivity index (χ0v) is 14.2. The van der Waals surface area contributed by atoms with Crippen LogP contribution in [0.15, 0.2) is 90.5 Å². The lowest BCUT2D eigenvalue weighted by Crippen LogP contribution is -2.25. The highest BCUT2D eigenvalue weighted by Crippen LogP contribution is 2.45. The van der Waals surface area contributed by atoms with Crippen LogP contribution >= 0.6 is 0 Å². The summed E-state index contributed by atoms with van der Waals surface area (Å²) in [6.07, 6.45) is 2.22. The molecule has 0 amide bonds. The van der Waals surface area contributed by atoms with E-state index in [1.165, 1.54) is 11.1 Å². The predicted octanol–water partition coefficient (Wildman–Crippen LogP) is 5.85. The van der Waals surface area contributed by atoms with Crippen molar-refractivity contribution >= 4 is 11.9 Å². The highest BCUT2D eigenvalue weighted by atomic mass is 16.1. The molecule has 0 saturated heterocycles. The Kier molecular flexibility index (Phi) is 4.07. The van der Waals surface area contributed by atoms with Gasteiger partial charge in [0.05, 0.1) is 5.92 Å². The molecule has 0 heterocycles. The normalized spacial score (nSPS) is 19.0. The fourth-order valence-electron chi connectivity index (χ4n) is 3.89. The summed E-state index contributed by atoms with van der Waals surface area (Å²) in [5.41, 5.74) is 5.48. The van der Waals surface area contributed by atoms with Gasteiger partial charge in [-0.1, -0.05) is 96.6 Å². The highest BCUT2D eigenvalue weighted by molar-refractivity contribution is 6.03. The smallest absolute Gasteiger partial charge is 0.171 e. The van der Waals surface area contributed by atoms with E-state index in [2.05, 4.69) is 37.3 Å². The van der Waals surface area contributed by atoms with Gasteiger partial charge in [0.15, 0.2) is 5.78 Å². The van der Waals surface area contributed by atoms with Crippen molar-refractivity contribution in [3.63, 3.8) is 0 Å². The van der Waals surface area contributed by atoms with E-state index in [0.29, 0.717) is 0 Å². The van der Waals surface area contributed by atoms with Crippen LogP contribution in [0.4, 0.5) is 0 Å². The molecule has 0 aromatic heterocycles. The monoisotopic (exact) mass is 324 g/mol. The Morgan fingerprint density at radius 1 is 0.760 bits per heavy atom. The molecule has 1 heteroatoms. The molecular weight excluding hydrogens is 304 g/mol. The fraction of sp³-hybridized carbons (Fsp3) is 0.125. The van der Waals surface area contributed by atoms with Crippen LogP contribution in [-0.2, 0) is 0 Å². The second kappa shape index (κ2) is 6.52. The van der Waals surface area contributed by atoms with E-state index in [-0.39, 0.29) is 17.6 Å². The van der Waals surface area contributed by atoms with Crippen molar-refractivity contribution in [2.75, 3.05) is 0 Å². The zero-order valence-electron chi connectivity index (χ0n) is 14.2. The highest BCUT2D eigenvalue weighted by Gasteiger charge is 2.36. The van der Waals surface area contributed by atoms with Crippen LogP contribution in [0.3, 0.4) is 0 Å². The second-order valence-corrected chi connectivity index (χ2v) is 6.61. The van der Waals surface area contributed by atoms with Gasteiger partial charge >= 0.3 is 0 Å². The van der Waals surface area contributed by atoms with Gasteiger partial charge in [0.2, 0.25) is 0 Å². The molecule has 0 N–H and O–H groups in total. The fourth-order valence-corrected chi connectivity index (χ4v) is 3.89. The van der Waals surface area contributed by atoms with Gasteiger partial charge < -0.3 is 0 Å². The molecule has 1 aliphatic rings. The Hall–Kier alpha value is -2.93. The van der Waals surface area contributed by atoms with E-state index in [4.69, 9.17) is 0 Å². The van der Waals surface area contributed by atoms with Crippen molar-refractivity contribution in [2.45, 2.75) is 18.8 Å². The lowest BCUT2D eigenvalue weighted by atomic mass is 9.69. The number of benzene rings is 3. The van der Waals surface area contributed by atoms with E-state index in [0.717, 1.165) is 16.7 Å². The minimum atomic E-state index is -0.189. The van der Waals surface area contributed by atoms with Crippen LogP contribution in [0, 0.1) is 0 Å². The molecule has 1 aliphatic carbocycles. The van der Waals surface area contributed by atoms with Crippen molar-refractivity contribution in [1.29, 1.82) is 0 Å². The number of Topliss-reactive ketones (excluding diaryl/α,β-unsaturated/α-hetero) is 1. The zero-order chi connectivity index (χ0) is 17.2. The maximum Gasteiger partial charge on any atom is 0.171 e. The van der Waals surface area contributed by atoms with Gasteiger partial charge in [-0.25, -0.2) is 0 Å². The molecule has 4 rings (SSSR count). The standard InChI is InChI=1S/C24H20O/c1-17-16-20-14-8-9-15-21(20)23(22(17)18-10-4-2-5-11-18)24(25)19-12-6-3-7-13-19/h2-16,22-23H,1H3/t22-,23+/m1/s1. The van der Waals surface area contributed by atoms with Crippen LogP contribution in [-0.4, -0.2) is 5.78 Å². The molecule has 25 heavy (non-hydrogen) atoms. The molecule has 0 fully saturated rings. The molecule has 1 nitrogen and oxygen atoms in total. The minimum Gasteiger partial charge on any atom is -0.293 e. The van der Waals surface area contributed by atoms with E-state index >= 15 is 0 Å². The molecule has 3 aromatic carbocycles. The molecule has 0 saturated carbocycles. The van der Waals surface area contributed by atoms with Crippen molar-refractivity contribution < 1.29 is 4.79 Å². The number of carbonyl (C=O) groups excluding carboxylic acids is 1. The number of allylic oxidation sites excluding steroid dienone is 1. The lowest BCUT2D eigenvalue weighted by molar-refractivity contribution is 0.0950. The number of hydrogen-bond acceptors (Lipinski definition) is 1. The number of rotatable bonds is 3. The van der Waals surface area contributed by atoms with Gasteiger partial charge in [0.25, 0.3) is 0 Å². The van der Waals surface area contributed by atoms with Gasteiger partial charge in [0.1, 0.15) is 0 Å². The van der Waals surface area contributed by atoms with Crippen LogP contribution in [0.5, 0.6) is 0 Å². The van der Waals surface area contributed by atoms with Crippen LogP contribution < -0.4 is 0 Å². The summed E-state index contributed by atoms with van der Waals surface area (Å²) in [4.78, 5) is 13.5. The van der Waals surface area contributed by atoms with Crippen molar-refractivity contribution in [2.24, 2.45) is 0 Å². The van der Waals surface area contributed by atoms with E-state index in [9.17, 15) is 4.79 Å². The minimum absolute atomic E-state index is 0.0730. The van der Waals surface area contributed by atoms with Crippen LogP contribution in [0.25, 0.3) is 6.08 Å². The summed E-state index contributed by atoms with van der Waals surface area (Å²) in [6.45, 7) is 2.14. The van der Waals surface area contributed by atoms with Gasteiger partial charge in [-0.3, -0.25) is 4.79 Å². The molecule has 0 radical (unpaired) electrons. The van der Waals surface area contributed by atoms with Crippen molar-refractivity contribution in [3.8, 4) is 0 Å². The Bertz CT molecular complexity index is 923. The first kappa shape index (κ1) is 15.6. The number of fused-ring (bicyclic) bond motifs is 1. The van der Waals surface area contributed by atoms with Gasteiger partial charge in [0, 0.05) is 11.5 Å². The lowest BCUT2D eigenvalue weighted by Gasteiger charge is -2.33. The molecule has 0 aliphatic heterocycles. The molecule has 0 unspecified atom stereocenters. The third-order valence-corrected chi connectivity index (χ3v) is 5.04. The van der Waals surface area contributed by atoms with Crippen molar-refractivity contribution in [1.82, 2.24) is 0 Å². The van der Waals surface area contributed by atoms with E-state index < -0.39 is 0 Å². The molecule has 122 valence electrons. The van der Waals surface area contributed by atoms with E-state index in [1.807, 2.05) is 60.7 Å². The molecular formula is C24H20O. The molecule has 2 atom stereocenters. The van der Waals surface area contributed by atoms with E-state index in [1.54, 1.807) is 0 Å². The third kappa shape index (κ3) is 2.83. The Morgan fingerprint density at radius 2 is 1.36 bits per heavy atom. The molecule has 0 spiro atoms. The Morgan fingerprint density at radius 3 is 2.08 bits per heavy atom. The SMILES string of the molecule is CC1=Cc2ccccc2[C@H](C(=O)c2ccccc2)[C@H]1c1ccccc1. The number of carbonyl (C=O) groups is 1. The summed E-state index contributed by atoms with van der Waals surface area (Å²) in [6, 6.07) is 28.3. The van der Waals surface area contributed by atoms with Gasteiger partial charge in [-0.05, 0) is 23.6 Å². The first-order valence-electron chi connectivity index (χ1n) is 8.67. The predicted molar refractivity (Wildman–Crippen MR) is 103 cm³/mol. The van der Waals surface area contributed by atoms with Crippen molar-refractivity contribution in [3.05, 3.63) is 113 Å². The van der Waals surface area contributed by atoms with Crippen LogP contribution in [0.1, 0.15) is 45.8 Å². The summed E-state index contributed by atoms with van der Waals surface area (Å²) < 4.78 is 0.